The third kappa shape index (κ3) is 3.78. The van der Waals surface area contributed by atoms with Crippen LogP contribution in [0.2, 0.25) is 0 Å². The summed E-state index contributed by atoms with van der Waals surface area (Å²) >= 11 is 0. The smallest absolute Gasteiger partial charge is 0.228 e. The molecule has 0 saturated carbocycles. The molecule has 1 aliphatic rings. The number of nitrogens with zero attached hydrogens (tertiary/aromatic N) is 2. The van der Waals surface area contributed by atoms with Crippen LogP contribution in [0.4, 0.5) is 5.82 Å². The molecule has 0 atom stereocenters. The SMILES string of the molecule is CC1(C)CCN(c2ccc(C#Cc3ccccc3)cn2)C(=O)C1. The van der Waals surface area contributed by atoms with Crippen LogP contribution in [0.5, 0.6) is 0 Å². The van der Waals surface area contributed by atoms with Crippen LogP contribution in [-0.2, 0) is 4.79 Å². The van der Waals surface area contributed by atoms with Crippen LogP contribution >= 0.6 is 0 Å². The molecule has 3 nitrogen and oxygen atoms in total. The van der Waals surface area contributed by atoms with Gasteiger partial charge in [-0.25, -0.2) is 4.98 Å². The summed E-state index contributed by atoms with van der Waals surface area (Å²) in [5, 5.41) is 0. The highest BCUT2D eigenvalue weighted by Gasteiger charge is 2.32. The first kappa shape index (κ1) is 15.3. The fraction of sp³-hybridized carbons (Fsp3) is 0.300. The minimum atomic E-state index is 0.0919. The summed E-state index contributed by atoms with van der Waals surface area (Å²) in [5.74, 6) is 7.08. The first-order valence-electron chi connectivity index (χ1n) is 7.87. The van der Waals surface area contributed by atoms with E-state index in [1.54, 1.807) is 11.1 Å². The van der Waals surface area contributed by atoms with Gasteiger partial charge in [0.2, 0.25) is 5.91 Å². The van der Waals surface area contributed by atoms with E-state index in [1.165, 1.54) is 0 Å². The van der Waals surface area contributed by atoms with Gasteiger partial charge in [0.15, 0.2) is 0 Å². The third-order valence-corrected chi connectivity index (χ3v) is 4.09. The van der Waals surface area contributed by atoms with Crippen LogP contribution in [0.15, 0.2) is 48.7 Å². The Morgan fingerprint density at radius 3 is 2.43 bits per heavy atom. The molecule has 1 aliphatic heterocycles. The average molecular weight is 304 g/mol. The van der Waals surface area contributed by atoms with Crippen LogP contribution < -0.4 is 4.90 Å². The molecule has 0 unspecified atom stereocenters. The fourth-order valence-electron chi connectivity index (χ4n) is 2.66. The Morgan fingerprint density at radius 2 is 1.78 bits per heavy atom. The number of hydrogen-bond acceptors (Lipinski definition) is 2. The van der Waals surface area contributed by atoms with Gasteiger partial charge in [-0.2, -0.15) is 0 Å². The molecule has 0 spiro atoms. The zero-order valence-corrected chi connectivity index (χ0v) is 13.5. The standard InChI is InChI=1S/C20H20N2O/c1-20(2)12-13-22(19(23)14-20)18-11-10-17(15-21-18)9-8-16-6-4-3-5-7-16/h3-7,10-11,15H,12-14H2,1-2H3. The summed E-state index contributed by atoms with van der Waals surface area (Å²) in [4.78, 5) is 18.5. The molecule has 1 aromatic heterocycles. The van der Waals surface area contributed by atoms with Gasteiger partial charge in [-0.1, -0.05) is 43.9 Å². The Bertz CT molecular complexity index is 752. The Labute approximate surface area is 137 Å². The summed E-state index contributed by atoms with van der Waals surface area (Å²) in [5.41, 5.74) is 1.92. The van der Waals surface area contributed by atoms with Crippen molar-refractivity contribution in [2.45, 2.75) is 26.7 Å². The molecule has 116 valence electrons. The molecule has 3 rings (SSSR count). The first-order valence-corrected chi connectivity index (χ1v) is 7.87. The Balaban J connectivity index is 1.73. The van der Waals surface area contributed by atoms with Crippen molar-refractivity contribution < 1.29 is 4.79 Å². The van der Waals surface area contributed by atoms with Crippen LogP contribution in [0.25, 0.3) is 0 Å². The molecule has 1 aromatic carbocycles. The van der Waals surface area contributed by atoms with E-state index in [0.29, 0.717) is 6.42 Å². The molecule has 1 fully saturated rings. The molecule has 23 heavy (non-hydrogen) atoms. The van der Waals surface area contributed by atoms with Gasteiger partial charge in [0.05, 0.1) is 0 Å². The van der Waals surface area contributed by atoms with Gasteiger partial charge in [-0.15, -0.1) is 0 Å². The summed E-state index contributed by atoms with van der Waals surface area (Å²) in [6.45, 7) is 5.00. The second-order valence-corrected chi connectivity index (χ2v) is 6.66. The Kier molecular flexibility index (Phi) is 4.16. The molecule has 0 bridgehead atoms. The summed E-state index contributed by atoms with van der Waals surface area (Å²) in [7, 11) is 0. The van der Waals surface area contributed by atoms with Crippen molar-refractivity contribution in [2.75, 3.05) is 11.4 Å². The largest absolute Gasteiger partial charge is 0.297 e. The van der Waals surface area contributed by atoms with Crippen LogP contribution in [0.1, 0.15) is 37.8 Å². The Hall–Kier alpha value is -2.60. The van der Waals surface area contributed by atoms with Crippen molar-refractivity contribution in [3.8, 4) is 11.8 Å². The van der Waals surface area contributed by atoms with E-state index >= 15 is 0 Å². The predicted molar refractivity (Wildman–Crippen MR) is 92.0 cm³/mol. The number of carbonyl (C=O) groups is 1. The lowest BCUT2D eigenvalue weighted by Crippen LogP contribution is -2.42. The number of piperidine rings is 1. The van der Waals surface area contributed by atoms with E-state index in [4.69, 9.17) is 0 Å². The molecule has 2 heterocycles. The predicted octanol–water partition coefficient (Wildman–Crippen LogP) is 3.63. The minimum Gasteiger partial charge on any atom is -0.297 e. The lowest BCUT2D eigenvalue weighted by atomic mass is 9.82. The van der Waals surface area contributed by atoms with Crippen LogP contribution in [0, 0.1) is 17.3 Å². The maximum absolute atomic E-state index is 12.3. The first-order chi connectivity index (χ1) is 11.0. The number of amides is 1. The van der Waals surface area contributed by atoms with E-state index in [1.807, 2.05) is 42.5 Å². The highest BCUT2D eigenvalue weighted by molar-refractivity contribution is 5.93. The number of rotatable bonds is 1. The van der Waals surface area contributed by atoms with E-state index in [-0.39, 0.29) is 11.3 Å². The summed E-state index contributed by atoms with van der Waals surface area (Å²) in [6.07, 6.45) is 3.30. The molecule has 2 aromatic rings. The van der Waals surface area contributed by atoms with Gasteiger partial charge in [-0.3, -0.25) is 9.69 Å². The van der Waals surface area contributed by atoms with E-state index < -0.39 is 0 Å². The molecule has 3 heteroatoms. The molecular formula is C20H20N2O. The molecule has 0 aliphatic carbocycles. The fourth-order valence-corrected chi connectivity index (χ4v) is 2.66. The monoisotopic (exact) mass is 304 g/mol. The van der Waals surface area contributed by atoms with Crippen molar-refractivity contribution in [3.05, 3.63) is 59.8 Å². The Morgan fingerprint density at radius 1 is 1.04 bits per heavy atom. The topological polar surface area (TPSA) is 33.2 Å². The van der Waals surface area contributed by atoms with Crippen molar-refractivity contribution in [1.29, 1.82) is 0 Å². The number of pyridine rings is 1. The zero-order chi connectivity index (χ0) is 16.3. The summed E-state index contributed by atoms with van der Waals surface area (Å²) in [6, 6.07) is 13.7. The van der Waals surface area contributed by atoms with Gasteiger partial charge in [-0.05, 0) is 36.1 Å². The quantitative estimate of drug-likeness (QED) is 0.754. The number of carbonyl (C=O) groups excluding carboxylic acids is 1. The number of aromatic nitrogens is 1. The number of hydrogen-bond donors (Lipinski definition) is 0. The number of anilines is 1. The average Bonchev–Trinajstić information content (AvgIpc) is 2.54. The van der Waals surface area contributed by atoms with Gasteiger partial charge in [0, 0.05) is 30.3 Å². The van der Waals surface area contributed by atoms with Gasteiger partial charge in [0.1, 0.15) is 5.82 Å². The molecule has 0 N–H and O–H groups in total. The zero-order valence-electron chi connectivity index (χ0n) is 13.5. The van der Waals surface area contributed by atoms with Crippen LogP contribution in [0.3, 0.4) is 0 Å². The lowest BCUT2D eigenvalue weighted by Gasteiger charge is -2.35. The van der Waals surface area contributed by atoms with Gasteiger partial charge >= 0.3 is 0 Å². The van der Waals surface area contributed by atoms with Crippen molar-refractivity contribution >= 4 is 11.7 Å². The number of benzene rings is 1. The highest BCUT2D eigenvalue weighted by atomic mass is 16.2. The molecular weight excluding hydrogens is 284 g/mol. The second kappa shape index (κ2) is 6.26. The minimum absolute atomic E-state index is 0.0919. The van der Waals surface area contributed by atoms with Gasteiger partial charge in [0.25, 0.3) is 0 Å². The highest BCUT2D eigenvalue weighted by Crippen LogP contribution is 2.32. The second-order valence-electron chi connectivity index (χ2n) is 6.66. The van der Waals surface area contributed by atoms with Crippen LogP contribution in [-0.4, -0.2) is 17.4 Å². The lowest BCUT2D eigenvalue weighted by molar-refractivity contribution is -0.122. The van der Waals surface area contributed by atoms with E-state index in [0.717, 1.165) is 29.9 Å². The van der Waals surface area contributed by atoms with Crippen molar-refractivity contribution in [2.24, 2.45) is 5.41 Å². The van der Waals surface area contributed by atoms with Crippen molar-refractivity contribution in [1.82, 2.24) is 4.98 Å². The van der Waals surface area contributed by atoms with Gasteiger partial charge < -0.3 is 0 Å². The van der Waals surface area contributed by atoms with Crippen molar-refractivity contribution in [3.63, 3.8) is 0 Å². The maximum atomic E-state index is 12.3. The maximum Gasteiger partial charge on any atom is 0.228 e. The van der Waals surface area contributed by atoms with E-state index in [2.05, 4.69) is 30.7 Å². The molecule has 0 radical (unpaired) electrons. The van der Waals surface area contributed by atoms with E-state index in [9.17, 15) is 4.79 Å². The normalized spacial score (nSPS) is 16.6. The third-order valence-electron chi connectivity index (χ3n) is 4.09. The molecule has 1 amide bonds. The molecule has 1 saturated heterocycles. The summed E-state index contributed by atoms with van der Waals surface area (Å²) < 4.78 is 0.